The Bertz CT molecular complexity index is 1260. The minimum Gasteiger partial charge on any atom is -0.347 e. The summed E-state index contributed by atoms with van der Waals surface area (Å²) in [5.74, 6) is 1.23. The Balaban J connectivity index is 1.38. The molecule has 5 rings (SSSR count). The van der Waals surface area contributed by atoms with Gasteiger partial charge in [-0.1, -0.05) is 35.5 Å². The van der Waals surface area contributed by atoms with Gasteiger partial charge in [-0.05, 0) is 43.5 Å². The molecule has 1 amide bonds. The van der Waals surface area contributed by atoms with Crippen LogP contribution >= 0.6 is 0 Å². The monoisotopic (exact) mass is 427 g/mol. The molecular formula is C25H25N5O2. The van der Waals surface area contributed by atoms with Crippen LogP contribution in [0.3, 0.4) is 0 Å². The number of pyridine rings is 1. The number of amides is 1. The van der Waals surface area contributed by atoms with Crippen molar-refractivity contribution in [2.75, 3.05) is 13.1 Å². The van der Waals surface area contributed by atoms with Crippen molar-refractivity contribution in [3.63, 3.8) is 0 Å². The molecule has 0 aliphatic carbocycles. The minimum absolute atomic E-state index is 0.0611. The number of carbonyl (C=O) groups excluding carboxylic acids is 1. The fourth-order valence-electron chi connectivity index (χ4n) is 4.62. The van der Waals surface area contributed by atoms with Gasteiger partial charge in [-0.2, -0.15) is 4.98 Å². The summed E-state index contributed by atoms with van der Waals surface area (Å²) < 4.78 is 7.56. The van der Waals surface area contributed by atoms with Crippen LogP contribution in [0, 0.1) is 13.8 Å². The Morgan fingerprint density at radius 2 is 1.88 bits per heavy atom. The smallest absolute Gasteiger partial charge is 0.259 e. The van der Waals surface area contributed by atoms with Gasteiger partial charge in [0.05, 0.1) is 16.8 Å². The quantitative estimate of drug-likeness (QED) is 0.483. The van der Waals surface area contributed by atoms with Crippen molar-refractivity contribution in [3.05, 3.63) is 77.5 Å². The molecule has 1 fully saturated rings. The number of hydrogen-bond acceptors (Lipinski definition) is 5. The number of benzene rings is 1. The molecule has 1 atom stereocenters. The van der Waals surface area contributed by atoms with Crippen LogP contribution in [0.1, 0.15) is 39.8 Å². The Morgan fingerprint density at radius 1 is 1.09 bits per heavy atom. The zero-order valence-electron chi connectivity index (χ0n) is 18.4. The van der Waals surface area contributed by atoms with E-state index in [4.69, 9.17) is 4.52 Å². The van der Waals surface area contributed by atoms with E-state index in [1.807, 2.05) is 56.1 Å². The van der Waals surface area contributed by atoms with Crippen LogP contribution in [0.15, 0.2) is 59.4 Å². The Morgan fingerprint density at radius 3 is 2.62 bits per heavy atom. The van der Waals surface area contributed by atoms with E-state index in [2.05, 4.69) is 31.8 Å². The van der Waals surface area contributed by atoms with Crippen LogP contribution in [0.5, 0.6) is 0 Å². The summed E-state index contributed by atoms with van der Waals surface area (Å²) in [5.41, 5.74) is 5.78. The van der Waals surface area contributed by atoms with E-state index in [-0.39, 0.29) is 11.8 Å². The molecule has 32 heavy (non-hydrogen) atoms. The molecule has 162 valence electrons. The highest BCUT2D eigenvalue weighted by Gasteiger charge is 2.33. The van der Waals surface area contributed by atoms with Gasteiger partial charge in [-0.25, -0.2) is 0 Å². The second-order valence-corrected chi connectivity index (χ2v) is 8.30. The number of aromatic nitrogens is 4. The van der Waals surface area contributed by atoms with Crippen molar-refractivity contribution in [3.8, 4) is 22.7 Å². The van der Waals surface area contributed by atoms with Crippen LogP contribution < -0.4 is 0 Å². The van der Waals surface area contributed by atoms with Crippen molar-refractivity contribution in [2.45, 2.75) is 26.2 Å². The lowest BCUT2D eigenvalue weighted by molar-refractivity contribution is 0.0789. The van der Waals surface area contributed by atoms with Gasteiger partial charge < -0.3 is 14.0 Å². The summed E-state index contributed by atoms with van der Waals surface area (Å²) in [6, 6.07) is 13.9. The summed E-state index contributed by atoms with van der Waals surface area (Å²) in [7, 11) is 2.02. The highest BCUT2D eigenvalue weighted by molar-refractivity contribution is 5.99. The Kier molecular flexibility index (Phi) is 5.09. The summed E-state index contributed by atoms with van der Waals surface area (Å²) in [6.45, 7) is 5.31. The van der Waals surface area contributed by atoms with E-state index in [9.17, 15) is 4.79 Å². The molecule has 4 aromatic rings. The molecule has 1 aromatic carbocycles. The van der Waals surface area contributed by atoms with Gasteiger partial charge in [0.1, 0.15) is 0 Å². The minimum atomic E-state index is 0.0611. The second kappa shape index (κ2) is 8.07. The zero-order chi connectivity index (χ0) is 22.2. The zero-order valence-corrected chi connectivity index (χ0v) is 18.4. The standard InChI is InChI=1S/C25H25N5O2/c1-16-21(17(2)29(3)22(16)18-8-5-4-6-9-18)25(31)30-13-11-20(15-30)23-27-24(32-28-23)19-10-7-12-26-14-19/h4-10,12,14,20H,11,13,15H2,1-3H3. The van der Waals surface area contributed by atoms with Gasteiger partial charge in [0.25, 0.3) is 11.8 Å². The lowest BCUT2D eigenvalue weighted by Gasteiger charge is -2.16. The van der Waals surface area contributed by atoms with E-state index < -0.39 is 0 Å². The first-order valence-corrected chi connectivity index (χ1v) is 10.8. The summed E-state index contributed by atoms with van der Waals surface area (Å²) in [5, 5.41) is 4.18. The molecule has 1 unspecified atom stereocenters. The number of likely N-dealkylation sites (tertiary alicyclic amines) is 1. The molecule has 3 aromatic heterocycles. The first-order chi connectivity index (χ1) is 15.5. The van der Waals surface area contributed by atoms with E-state index in [0.29, 0.717) is 24.8 Å². The average Bonchev–Trinajstić information content (AvgIpc) is 3.54. The van der Waals surface area contributed by atoms with E-state index >= 15 is 0 Å². The third-order valence-corrected chi connectivity index (χ3v) is 6.38. The van der Waals surface area contributed by atoms with Crippen molar-refractivity contribution < 1.29 is 9.32 Å². The van der Waals surface area contributed by atoms with E-state index in [0.717, 1.165) is 40.1 Å². The van der Waals surface area contributed by atoms with Gasteiger partial charge in [-0.15, -0.1) is 0 Å². The van der Waals surface area contributed by atoms with Crippen LogP contribution in [0.4, 0.5) is 0 Å². The van der Waals surface area contributed by atoms with Crippen molar-refractivity contribution in [1.29, 1.82) is 0 Å². The summed E-state index contributed by atoms with van der Waals surface area (Å²) in [6.07, 6.45) is 4.22. The number of hydrogen-bond donors (Lipinski definition) is 0. The molecule has 1 aliphatic rings. The van der Waals surface area contributed by atoms with Gasteiger partial charge in [0.15, 0.2) is 5.82 Å². The van der Waals surface area contributed by atoms with Gasteiger partial charge in [0, 0.05) is 44.1 Å². The van der Waals surface area contributed by atoms with Crippen LogP contribution in [0.2, 0.25) is 0 Å². The van der Waals surface area contributed by atoms with Crippen molar-refractivity contribution >= 4 is 5.91 Å². The topological polar surface area (TPSA) is 77.1 Å². The molecule has 4 heterocycles. The molecule has 0 saturated carbocycles. The Labute approximate surface area is 186 Å². The maximum atomic E-state index is 13.5. The molecule has 1 saturated heterocycles. The number of nitrogens with zero attached hydrogens (tertiary/aromatic N) is 5. The first-order valence-electron chi connectivity index (χ1n) is 10.8. The molecular weight excluding hydrogens is 402 g/mol. The fourth-order valence-corrected chi connectivity index (χ4v) is 4.62. The van der Waals surface area contributed by atoms with Gasteiger partial charge in [-0.3, -0.25) is 9.78 Å². The van der Waals surface area contributed by atoms with Gasteiger partial charge in [0.2, 0.25) is 0 Å². The van der Waals surface area contributed by atoms with E-state index in [1.54, 1.807) is 12.4 Å². The predicted molar refractivity (Wildman–Crippen MR) is 121 cm³/mol. The summed E-state index contributed by atoms with van der Waals surface area (Å²) in [4.78, 5) is 24.1. The highest BCUT2D eigenvalue weighted by atomic mass is 16.5. The SMILES string of the molecule is Cc1c(C(=O)N2CCC(c3noc(-c4cccnc4)n3)C2)c(C)n(C)c1-c1ccccc1. The third-order valence-electron chi connectivity index (χ3n) is 6.38. The predicted octanol–water partition coefficient (Wildman–Crippen LogP) is 4.38. The Hall–Kier alpha value is -3.74. The highest BCUT2D eigenvalue weighted by Crippen LogP contribution is 2.33. The largest absolute Gasteiger partial charge is 0.347 e. The molecule has 0 radical (unpaired) electrons. The average molecular weight is 428 g/mol. The molecule has 1 aliphatic heterocycles. The van der Waals surface area contributed by atoms with Gasteiger partial charge >= 0.3 is 0 Å². The molecule has 0 N–H and O–H groups in total. The molecule has 7 nitrogen and oxygen atoms in total. The van der Waals surface area contributed by atoms with Crippen LogP contribution in [-0.2, 0) is 7.05 Å². The first kappa shape index (κ1) is 20.2. The normalized spacial score (nSPS) is 16.0. The lowest BCUT2D eigenvalue weighted by Crippen LogP contribution is -2.29. The van der Waals surface area contributed by atoms with Crippen LogP contribution in [0.25, 0.3) is 22.7 Å². The molecule has 0 bridgehead atoms. The third kappa shape index (κ3) is 3.39. The lowest BCUT2D eigenvalue weighted by atomic mass is 10.0. The van der Waals surface area contributed by atoms with Crippen LogP contribution in [-0.4, -0.2) is 43.6 Å². The summed E-state index contributed by atoms with van der Waals surface area (Å²) >= 11 is 0. The molecule has 7 heteroatoms. The van der Waals surface area contributed by atoms with E-state index in [1.165, 1.54) is 0 Å². The second-order valence-electron chi connectivity index (χ2n) is 8.30. The maximum absolute atomic E-state index is 13.5. The van der Waals surface area contributed by atoms with Crippen molar-refractivity contribution in [2.24, 2.45) is 7.05 Å². The number of carbonyl (C=O) groups is 1. The number of rotatable bonds is 4. The van der Waals surface area contributed by atoms with Crippen molar-refractivity contribution in [1.82, 2.24) is 24.6 Å². The maximum Gasteiger partial charge on any atom is 0.259 e. The fraction of sp³-hybridized carbons (Fsp3) is 0.280. The molecule has 0 spiro atoms.